The number of ether oxygens (including phenoxy) is 3. The van der Waals surface area contributed by atoms with Gasteiger partial charge in [-0.05, 0) is 72.7 Å². The highest BCUT2D eigenvalue weighted by Crippen LogP contribution is 2.32. The molecule has 0 amide bonds. The lowest BCUT2D eigenvalue weighted by molar-refractivity contribution is -0.389. The Labute approximate surface area is 238 Å². The molecule has 2 aromatic heterocycles. The van der Waals surface area contributed by atoms with Crippen LogP contribution < -0.4 is 19.1 Å². The highest BCUT2D eigenvalue weighted by Gasteiger charge is 2.41. The monoisotopic (exact) mass is 581 g/mol. The van der Waals surface area contributed by atoms with E-state index < -0.39 is 16.9 Å². The van der Waals surface area contributed by atoms with Crippen molar-refractivity contribution < 1.29 is 32.3 Å². The molecule has 1 fully saturated rings. The Bertz CT molecular complexity index is 1640. The molecule has 1 atom stereocenters. The molecule has 0 radical (unpaired) electrons. The number of pyridine rings is 1. The fourth-order valence-electron chi connectivity index (χ4n) is 5.12. The third-order valence-corrected chi connectivity index (χ3v) is 7.16. The lowest BCUT2D eigenvalue weighted by Crippen LogP contribution is -2.38. The quantitative estimate of drug-likeness (QED) is 0.189. The zero-order valence-corrected chi connectivity index (χ0v) is 22.5. The van der Waals surface area contributed by atoms with Crippen LogP contribution in [0.3, 0.4) is 0 Å². The summed E-state index contributed by atoms with van der Waals surface area (Å²) in [5.41, 5.74) is 2.18. The van der Waals surface area contributed by atoms with Gasteiger partial charge in [0.1, 0.15) is 30.1 Å². The fraction of sp³-hybridized carbons (Fsp3) is 0.310. The minimum absolute atomic E-state index is 0.206. The van der Waals surface area contributed by atoms with Crippen molar-refractivity contribution >= 4 is 28.6 Å². The standard InChI is InChI=1S/C29H26F3N5O5/c1-28(17-36-16-26(37(38)39)34-27(36)42-28)18-40-23-7-8-24-21(15-23)4-9-25(33-24)35-12-10-20(11-13-35)14-19-2-5-22(6-3-19)41-29(30,31)32/h2-9,14-16H,10-13,17-18H2,1H3/t28-/m0/s1. The maximum atomic E-state index is 12.4. The SMILES string of the molecule is C[C@@]1(COc2ccc3nc(N4CCC(=Cc5ccc(OC(F)(F)F)cc5)CC4)ccc3c2)Cn2cc([N+](=O)[O-])nc2O1. The third kappa shape index (κ3) is 6.09. The topological polar surface area (TPSA) is 105 Å². The van der Waals surface area contributed by atoms with Crippen molar-refractivity contribution in [1.82, 2.24) is 14.5 Å². The summed E-state index contributed by atoms with van der Waals surface area (Å²) in [7, 11) is 0. The molecule has 4 heterocycles. The molecule has 0 spiro atoms. The zero-order chi connectivity index (χ0) is 29.5. The molecule has 2 aliphatic heterocycles. The first-order chi connectivity index (χ1) is 20.0. The van der Waals surface area contributed by atoms with E-state index in [0.29, 0.717) is 12.3 Å². The Hall–Kier alpha value is -4.81. The number of halogens is 3. The molecule has 0 aliphatic carbocycles. The molecule has 218 valence electrons. The van der Waals surface area contributed by atoms with E-state index >= 15 is 0 Å². The number of fused-ring (bicyclic) bond motifs is 2. The summed E-state index contributed by atoms with van der Waals surface area (Å²) >= 11 is 0. The van der Waals surface area contributed by atoms with E-state index in [1.807, 2.05) is 43.3 Å². The minimum atomic E-state index is -4.70. The molecule has 0 unspecified atom stereocenters. The van der Waals surface area contributed by atoms with Crippen molar-refractivity contribution in [3.63, 3.8) is 0 Å². The number of nitro groups is 1. The number of imidazole rings is 1. The Balaban J connectivity index is 1.04. The van der Waals surface area contributed by atoms with Crippen molar-refractivity contribution in [3.8, 4) is 17.5 Å². The van der Waals surface area contributed by atoms with Gasteiger partial charge in [0.2, 0.25) is 0 Å². The van der Waals surface area contributed by atoms with Gasteiger partial charge in [0.15, 0.2) is 5.60 Å². The van der Waals surface area contributed by atoms with Gasteiger partial charge in [0.25, 0.3) is 0 Å². The predicted molar refractivity (Wildman–Crippen MR) is 148 cm³/mol. The molecule has 6 rings (SSSR count). The third-order valence-electron chi connectivity index (χ3n) is 7.16. The van der Waals surface area contributed by atoms with Crippen LogP contribution in [0.4, 0.5) is 24.8 Å². The van der Waals surface area contributed by atoms with Gasteiger partial charge in [-0.25, -0.2) is 4.98 Å². The van der Waals surface area contributed by atoms with Crippen LogP contribution in [0.1, 0.15) is 25.3 Å². The molecule has 13 heteroatoms. The van der Waals surface area contributed by atoms with Gasteiger partial charge >= 0.3 is 18.2 Å². The van der Waals surface area contributed by atoms with E-state index in [2.05, 4.69) is 14.6 Å². The van der Waals surface area contributed by atoms with E-state index in [1.165, 1.54) is 23.9 Å². The van der Waals surface area contributed by atoms with E-state index in [9.17, 15) is 23.3 Å². The number of anilines is 1. The number of piperidine rings is 1. The summed E-state index contributed by atoms with van der Waals surface area (Å²) in [6.07, 6.45) is 0.310. The van der Waals surface area contributed by atoms with E-state index in [4.69, 9.17) is 14.5 Å². The summed E-state index contributed by atoms with van der Waals surface area (Å²) in [6.45, 7) is 4.04. The normalized spacial score (nSPS) is 18.5. The van der Waals surface area contributed by atoms with Crippen molar-refractivity contribution in [1.29, 1.82) is 0 Å². The van der Waals surface area contributed by atoms with Crippen LogP contribution in [0.5, 0.6) is 17.5 Å². The number of nitrogens with zero attached hydrogens (tertiary/aromatic N) is 5. The van der Waals surface area contributed by atoms with Crippen LogP contribution in [-0.4, -0.2) is 51.1 Å². The second-order valence-corrected chi connectivity index (χ2v) is 10.5. The second kappa shape index (κ2) is 10.5. The average Bonchev–Trinajstić information content (AvgIpc) is 3.48. The molecular formula is C29H26F3N5O5. The van der Waals surface area contributed by atoms with Crippen molar-refractivity contribution in [2.24, 2.45) is 0 Å². The number of rotatable bonds is 7. The van der Waals surface area contributed by atoms with E-state index in [0.717, 1.165) is 48.2 Å². The predicted octanol–water partition coefficient (Wildman–Crippen LogP) is 6.15. The van der Waals surface area contributed by atoms with Crippen LogP contribution in [0.15, 0.2) is 66.4 Å². The van der Waals surface area contributed by atoms with Crippen LogP contribution in [0.25, 0.3) is 17.0 Å². The molecule has 42 heavy (non-hydrogen) atoms. The maximum Gasteiger partial charge on any atom is 0.573 e. The molecule has 2 aliphatic rings. The molecule has 4 aromatic rings. The first-order valence-electron chi connectivity index (χ1n) is 13.3. The number of benzene rings is 2. The van der Waals surface area contributed by atoms with Crippen molar-refractivity contribution in [2.45, 2.75) is 38.3 Å². The van der Waals surface area contributed by atoms with Crippen molar-refractivity contribution in [2.75, 3.05) is 24.6 Å². The largest absolute Gasteiger partial charge is 0.573 e. The first kappa shape index (κ1) is 27.4. The molecular weight excluding hydrogens is 555 g/mol. The molecule has 0 saturated carbocycles. The maximum absolute atomic E-state index is 12.4. The summed E-state index contributed by atoms with van der Waals surface area (Å²) in [5, 5.41) is 11.8. The van der Waals surface area contributed by atoms with Gasteiger partial charge in [-0.1, -0.05) is 23.8 Å². The lowest BCUT2D eigenvalue weighted by Gasteiger charge is -2.29. The molecule has 10 nitrogen and oxygen atoms in total. The summed E-state index contributed by atoms with van der Waals surface area (Å²) < 4.78 is 54.5. The highest BCUT2D eigenvalue weighted by atomic mass is 19.4. The minimum Gasteiger partial charge on any atom is -0.489 e. The molecule has 0 bridgehead atoms. The number of alkyl halides is 3. The van der Waals surface area contributed by atoms with Gasteiger partial charge in [-0.2, -0.15) is 0 Å². The molecule has 1 saturated heterocycles. The average molecular weight is 582 g/mol. The van der Waals surface area contributed by atoms with Crippen LogP contribution in [-0.2, 0) is 6.54 Å². The molecule has 0 N–H and O–H groups in total. The number of aromatic nitrogens is 3. The Morgan fingerprint density at radius 1 is 1.07 bits per heavy atom. The Morgan fingerprint density at radius 2 is 1.81 bits per heavy atom. The van der Waals surface area contributed by atoms with Crippen LogP contribution in [0.2, 0.25) is 0 Å². The highest BCUT2D eigenvalue weighted by molar-refractivity contribution is 5.82. The summed E-state index contributed by atoms with van der Waals surface area (Å²) in [4.78, 5) is 21.3. The van der Waals surface area contributed by atoms with Crippen molar-refractivity contribution in [3.05, 3.63) is 82.0 Å². The first-order valence-corrected chi connectivity index (χ1v) is 13.3. The Morgan fingerprint density at radius 3 is 2.50 bits per heavy atom. The second-order valence-electron chi connectivity index (χ2n) is 10.5. The van der Waals surface area contributed by atoms with Gasteiger partial charge in [-0.15, -0.1) is 13.2 Å². The Kier molecular flexibility index (Phi) is 6.87. The number of hydrogen-bond donors (Lipinski definition) is 0. The summed E-state index contributed by atoms with van der Waals surface area (Å²) in [5.74, 6) is 1.05. The lowest BCUT2D eigenvalue weighted by atomic mass is 10.0. The molecule has 2 aromatic carbocycles. The van der Waals surface area contributed by atoms with Gasteiger partial charge in [-0.3, -0.25) is 4.57 Å². The number of hydrogen-bond acceptors (Lipinski definition) is 8. The van der Waals surface area contributed by atoms with Gasteiger partial charge in [0, 0.05) is 23.5 Å². The van der Waals surface area contributed by atoms with Gasteiger partial charge < -0.3 is 29.2 Å². The zero-order valence-electron chi connectivity index (χ0n) is 22.5. The van der Waals surface area contributed by atoms with Crippen LogP contribution in [0, 0.1) is 10.1 Å². The van der Waals surface area contributed by atoms with E-state index in [1.54, 1.807) is 16.7 Å². The van der Waals surface area contributed by atoms with Gasteiger partial charge in [0.05, 0.1) is 12.1 Å². The van der Waals surface area contributed by atoms with Crippen LogP contribution >= 0.6 is 0 Å². The fourth-order valence-corrected chi connectivity index (χ4v) is 5.12. The van der Waals surface area contributed by atoms with E-state index in [-0.39, 0.29) is 24.2 Å². The summed E-state index contributed by atoms with van der Waals surface area (Å²) in [6, 6.07) is 15.7. The smallest absolute Gasteiger partial charge is 0.489 e.